The van der Waals surface area contributed by atoms with Gasteiger partial charge in [0, 0.05) is 23.2 Å². The van der Waals surface area contributed by atoms with Crippen molar-refractivity contribution in [3.05, 3.63) is 52.9 Å². The first-order chi connectivity index (χ1) is 16.1. The molecule has 2 heterocycles. The lowest BCUT2D eigenvalue weighted by molar-refractivity contribution is 0.102. The molecule has 1 saturated carbocycles. The highest BCUT2D eigenvalue weighted by Crippen LogP contribution is 2.65. The van der Waals surface area contributed by atoms with Gasteiger partial charge in [-0.25, -0.2) is 13.8 Å². The van der Waals surface area contributed by atoms with Crippen molar-refractivity contribution in [3.63, 3.8) is 0 Å². The Balaban J connectivity index is 1.62. The summed E-state index contributed by atoms with van der Waals surface area (Å²) >= 11 is 1.26. The van der Waals surface area contributed by atoms with Crippen molar-refractivity contribution in [1.29, 1.82) is 0 Å². The number of fused-ring (bicyclic) bond motifs is 1. The normalized spacial score (nSPS) is 24.9. The number of halogens is 2. The number of carbonyl (C=O) groups is 1. The van der Waals surface area contributed by atoms with Crippen molar-refractivity contribution in [2.24, 2.45) is 16.6 Å². The van der Waals surface area contributed by atoms with Gasteiger partial charge >= 0.3 is 0 Å². The molecule has 7 nitrogen and oxygen atoms in total. The molecule has 1 aromatic carbocycles. The Morgan fingerprint density at radius 2 is 2.18 bits per heavy atom. The first-order valence-electron chi connectivity index (χ1n) is 10.6. The number of anilines is 1. The molecule has 1 amide bonds. The fourth-order valence-corrected chi connectivity index (χ4v) is 5.72. The highest BCUT2D eigenvalue weighted by Gasteiger charge is 2.66. The van der Waals surface area contributed by atoms with Crippen molar-refractivity contribution in [2.75, 3.05) is 18.5 Å². The number of pyridine rings is 1. The van der Waals surface area contributed by atoms with Gasteiger partial charge in [-0.2, -0.15) is 0 Å². The maximum atomic E-state index is 15.0. The van der Waals surface area contributed by atoms with Crippen LogP contribution in [0.4, 0.5) is 14.5 Å². The van der Waals surface area contributed by atoms with Crippen molar-refractivity contribution in [3.8, 4) is 17.6 Å². The highest BCUT2D eigenvalue weighted by molar-refractivity contribution is 8.15. The number of amides is 1. The van der Waals surface area contributed by atoms with Crippen LogP contribution in [0.1, 0.15) is 41.9 Å². The fourth-order valence-electron chi connectivity index (χ4n) is 4.38. The van der Waals surface area contributed by atoms with Crippen LogP contribution >= 0.6 is 11.8 Å². The zero-order valence-corrected chi connectivity index (χ0v) is 19.7. The molecule has 10 heteroatoms. The van der Waals surface area contributed by atoms with E-state index in [4.69, 9.17) is 10.5 Å². The molecule has 4 rings (SSSR count). The molecule has 2 aromatic rings. The maximum absolute atomic E-state index is 15.0. The third kappa shape index (κ3) is 4.21. The van der Waals surface area contributed by atoms with Crippen LogP contribution in [-0.2, 0) is 5.54 Å². The van der Waals surface area contributed by atoms with E-state index >= 15 is 0 Å². The number of rotatable bonds is 6. The van der Waals surface area contributed by atoms with Crippen LogP contribution in [0.25, 0.3) is 0 Å². The lowest BCUT2D eigenvalue weighted by atomic mass is 9.85. The van der Waals surface area contributed by atoms with Crippen LogP contribution in [0.2, 0.25) is 0 Å². The van der Waals surface area contributed by atoms with E-state index in [0.29, 0.717) is 17.7 Å². The molecule has 4 N–H and O–H groups in total. The summed E-state index contributed by atoms with van der Waals surface area (Å²) in [7, 11) is 0. The van der Waals surface area contributed by atoms with E-state index < -0.39 is 27.8 Å². The molecule has 1 fully saturated rings. The van der Waals surface area contributed by atoms with E-state index in [1.165, 1.54) is 24.0 Å². The lowest BCUT2D eigenvalue weighted by Gasteiger charge is -2.34. The van der Waals surface area contributed by atoms with E-state index in [-0.39, 0.29) is 41.2 Å². The van der Waals surface area contributed by atoms with Gasteiger partial charge in [0.15, 0.2) is 16.8 Å². The average Bonchev–Trinajstić information content (AvgIpc) is 3.52. The molecule has 34 heavy (non-hydrogen) atoms. The number of nitrogens with one attached hydrogen (secondary N) is 1. The monoisotopic (exact) mass is 486 g/mol. The van der Waals surface area contributed by atoms with Gasteiger partial charge < -0.3 is 20.9 Å². The third-order valence-corrected chi connectivity index (χ3v) is 7.50. The van der Waals surface area contributed by atoms with E-state index in [1.54, 1.807) is 26.8 Å². The minimum Gasteiger partial charge on any atom is -0.479 e. The molecule has 0 radical (unpaired) electrons. The number of thioether (sulfide) groups is 1. The SMILES string of the molecule is CC#CCOc1cnc(C(=O)Nc2cc(F)c(F)c([C@@]3(C)N=C(N)S[C@@]4(CO)C[C@H]43)c2)c(C)c1. The molecule has 178 valence electrons. The van der Waals surface area contributed by atoms with Crippen molar-refractivity contribution in [1.82, 2.24) is 4.98 Å². The van der Waals surface area contributed by atoms with E-state index in [2.05, 4.69) is 27.1 Å². The molecule has 1 aromatic heterocycles. The predicted octanol–water partition coefficient (Wildman–Crippen LogP) is 3.35. The second-order valence-corrected chi connectivity index (χ2v) is 9.94. The average molecular weight is 487 g/mol. The summed E-state index contributed by atoms with van der Waals surface area (Å²) < 4.78 is 34.4. The first kappa shape index (κ1) is 24.0. The number of aryl methyl sites for hydroxylation is 1. The predicted molar refractivity (Wildman–Crippen MR) is 127 cm³/mol. The van der Waals surface area contributed by atoms with Crippen LogP contribution in [-0.4, -0.2) is 39.1 Å². The van der Waals surface area contributed by atoms with Gasteiger partial charge in [0.25, 0.3) is 5.91 Å². The van der Waals surface area contributed by atoms with Crippen LogP contribution in [0, 0.1) is 36.3 Å². The number of aliphatic hydroxyl groups is 1. The highest BCUT2D eigenvalue weighted by atomic mass is 32.2. The van der Waals surface area contributed by atoms with Crippen LogP contribution in [0.15, 0.2) is 29.4 Å². The van der Waals surface area contributed by atoms with Crippen molar-refractivity contribution < 1.29 is 23.4 Å². The Morgan fingerprint density at radius 3 is 2.85 bits per heavy atom. The van der Waals surface area contributed by atoms with Crippen molar-refractivity contribution >= 4 is 28.5 Å². The number of nitrogens with two attached hydrogens (primary N) is 1. The first-order valence-corrected chi connectivity index (χ1v) is 11.4. The quantitative estimate of drug-likeness (QED) is 0.541. The van der Waals surface area contributed by atoms with Gasteiger partial charge in [0.2, 0.25) is 0 Å². The Labute approximate surface area is 200 Å². The number of ether oxygens (including phenoxy) is 1. The number of nitrogens with zero attached hydrogens (tertiary/aromatic N) is 2. The molecule has 0 saturated heterocycles. The summed E-state index contributed by atoms with van der Waals surface area (Å²) in [4.78, 5) is 21.4. The topological polar surface area (TPSA) is 110 Å². The molecule has 1 aliphatic carbocycles. The molecule has 2 aliphatic rings. The Kier molecular flexibility index (Phi) is 6.27. The minimum absolute atomic E-state index is 0.0307. The van der Waals surface area contributed by atoms with Crippen LogP contribution in [0.5, 0.6) is 5.75 Å². The Morgan fingerprint density at radius 1 is 1.41 bits per heavy atom. The molecule has 0 unspecified atom stereocenters. The van der Waals surface area contributed by atoms with Crippen LogP contribution < -0.4 is 15.8 Å². The Bertz CT molecular complexity index is 1260. The summed E-state index contributed by atoms with van der Waals surface area (Å²) in [5.74, 6) is 2.95. The number of hydrogen-bond acceptors (Lipinski definition) is 7. The second-order valence-electron chi connectivity index (χ2n) is 8.50. The smallest absolute Gasteiger partial charge is 0.274 e. The lowest BCUT2D eigenvalue weighted by Crippen LogP contribution is -2.37. The number of aromatic nitrogens is 1. The number of benzene rings is 1. The molecule has 0 bridgehead atoms. The van der Waals surface area contributed by atoms with Gasteiger partial charge in [-0.15, -0.1) is 5.92 Å². The third-order valence-electron chi connectivity index (χ3n) is 6.21. The zero-order chi connectivity index (χ0) is 24.7. The standard InChI is InChI=1S/C24H24F2N4O3S/c1-4-5-6-33-15-7-13(2)20(28-11-15)21(32)29-14-8-16(19(26)17(25)9-14)23(3)18-10-24(18,12-31)34-22(27)30-23/h7-9,11,18,31H,6,10,12H2,1-3H3,(H2,27,30)(H,29,32)/t18-,23+,24+/m0/s1. The molecular formula is C24H24F2N4O3S. The summed E-state index contributed by atoms with van der Waals surface area (Å²) in [5, 5.41) is 12.6. The van der Waals surface area contributed by atoms with E-state index in [1.807, 2.05) is 0 Å². The van der Waals surface area contributed by atoms with Crippen LogP contribution in [0.3, 0.4) is 0 Å². The van der Waals surface area contributed by atoms with E-state index in [9.17, 15) is 18.7 Å². The molecular weight excluding hydrogens is 462 g/mol. The minimum atomic E-state index is -1.18. The fraction of sp³-hybridized carbons (Fsp3) is 0.375. The number of carbonyl (C=O) groups excluding carboxylic acids is 1. The number of hydrogen-bond donors (Lipinski definition) is 3. The summed E-state index contributed by atoms with van der Waals surface area (Å²) in [5.41, 5.74) is 5.47. The number of aliphatic hydroxyl groups excluding tert-OH is 1. The number of amidine groups is 1. The zero-order valence-electron chi connectivity index (χ0n) is 18.9. The van der Waals surface area contributed by atoms with Gasteiger partial charge in [-0.3, -0.25) is 9.79 Å². The van der Waals surface area contributed by atoms with E-state index in [0.717, 1.165) is 6.07 Å². The van der Waals surface area contributed by atoms with Gasteiger partial charge in [-0.1, -0.05) is 17.7 Å². The second kappa shape index (κ2) is 8.89. The summed E-state index contributed by atoms with van der Waals surface area (Å²) in [6.45, 7) is 5.11. The molecule has 3 atom stereocenters. The van der Waals surface area contributed by atoms with Gasteiger partial charge in [0.05, 0.1) is 23.1 Å². The maximum Gasteiger partial charge on any atom is 0.274 e. The molecule has 1 aliphatic heterocycles. The number of aliphatic imine (C=N–C) groups is 1. The molecule has 0 spiro atoms. The van der Waals surface area contributed by atoms with Crippen molar-refractivity contribution in [2.45, 2.75) is 37.5 Å². The Hall–Kier alpha value is -3.16. The van der Waals surface area contributed by atoms with Gasteiger partial charge in [-0.05, 0) is 44.9 Å². The summed E-state index contributed by atoms with van der Waals surface area (Å²) in [6, 6.07) is 3.92. The van der Waals surface area contributed by atoms with Gasteiger partial charge in [0.1, 0.15) is 18.1 Å². The summed E-state index contributed by atoms with van der Waals surface area (Å²) in [6.07, 6.45) is 1.96. The largest absolute Gasteiger partial charge is 0.479 e.